The van der Waals surface area contributed by atoms with Crippen LogP contribution in [-0.2, 0) is 16.1 Å². The lowest BCUT2D eigenvalue weighted by Gasteiger charge is -2.09. The van der Waals surface area contributed by atoms with Gasteiger partial charge in [0.1, 0.15) is 12.9 Å². The van der Waals surface area contributed by atoms with Gasteiger partial charge in [-0.05, 0) is 36.4 Å². The smallest absolute Gasteiger partial charge is 0.284 e. The molecule has 0 fully saturated rings. The van der Waals surface area contributed by atoms with E-state index in [1.54, 1.807) is 48.5 Å². The molecule has 2 aromatic heterocycles. The predicted molar refractivity (Wildman–Crippen MR) is 115 cm³/mol. The van der Waals surface area contributed by atoms with Gasteiger partial charge in [0.05, 0.1) is 5.69 Å². The molecule has 2 N–H and O–H groups in total. The molecule has 0 radical (unpaired) electrons. The second-order valence-corrected chi connectivity index (χ2v) is 7.08. The van der Waals surface area contributed by atoms with Gasteiger partial charge in [-0.25, -0.2) is 4.98 Å². The summed E-state index contributed by atoms with van der Waals surface area (Å²) in [5.41, 5.74) is 1.42. The highest BCUT2D eigenvalue weighted by molar-refractivity contribution is 6.30. The molecule has 11 heteroatoms. The van der Waals surface area contributed by atoms with Crippen molar-refractivity contribution in [1.82, 2.24) is 24.5 Å². The molecule has 0 saturated heterocycles. The summed E-state index contributed by atoms with van der Waals surface area (Å²) < 4.78 is 2.55. The summed E-state index contributed by atoms with van der Waals surface area (Å²) in [7, 11) is 0. The number of rotatable bonds is 5. The second kappa shape index (κ2) is 8.36. The lowest BCUT2D eigenvalue weighted by atomic mass is 10.2. The van der Waals surface area contributed by atoms with Gasteiger partial charge in [0.2, 0.25) is 11.8 Å². The number of carbonyl (C=O) groups is 2. The molecule has 0 aliphatic rings. The largest absolute Gasteiger partial charge is 0.326 e. The zero-order chi connectivity index (χ0) is 22.0. The second-order valence-electron chi connectivity index (χ2n) is 6.64. The summed E-state index contributed by atoms with van der Waals surface area (Å²) in [4.78, 5) is 40.6. The minimum atomic E-state index is -0.500. The van der Waals surface area contributed by atoms with E-state index in [2.05, 4.69) is 25.9 Å². The number of fused-ring (bicyclic) bond motifs is 1. The van der Waals surface area contributed by atoms with Crippen LogP contribution in [0.5, 0.6) is 0 Å². The monoisotopic (exact) mass is 437 g/mol. The van der Waals surface area contributed by atoms with Crippen LogP contribution < -0.4 is 16.2 Å². The highest BCUT2D eigenvalue weighted by Gasteiger charge is 2.15. The fourth-order valence-corrected chi connectivity index (χ4v) is 3.16. The topological polar surface area (TPSA) is 124 Å². The summed E-state index contributed by atoms with van der Waals surface area (Å²) in [5.74, 6) is -0.661. The number of halogens is 1. The van der Waals surface area contributed by atoms with Gasteiger partial charge >= 0.3 is 0 Å². The van der Waals surface area contributed by atoms with Crippen LogP contribution in [0.15, 0.2) is 59.7 Å². The molecule has 0 aliphatic heterocycles. The first-order valence-electron chi connectivity index (χ1n) is 9.15. The van der Waals surface area contributed by atoms with Gasteiger partial charge in [-0.3, -0.25) is 19.0 Å². The molecule has 0 unspecified atom stereocenters. The molecule has 0 spiro atoms. The molecular weight excluding hydrogens is 422 g/mol. The maximum atomic E-state index is 12.8. The van der Waals surface area contributed by atoms with Crippen molar-refractivity contribution in [1.29, 1.82) is 0 Å². The van der Waals surface area contributed by atoms with Gasteiger partial charge in [0, 0.05) is 23.3 Å². The molecule has 0 saturated carbocycles. The minimum Gasteiger partial charge on any atom is -0.326 e. The van der Waals surface area contributed by atoms with Crippen molar-refractivity contribution in [3.05, 3.63) is 70.2 Å². The van der Waals surface area contributed by atoms with E-state index in [1.807, 2.05) is 0 Å². The van der Waals surface area contributed by atoms with Crippen LogP contribution in [0.4, 0.5) is 11.4 Å². The molecule has 156 valence electrons. The average Bonchev–Trinajstić information content (AvgIpc) is 3.15. The third-order valence-electron chi connectivity index (χ3n) is 4.26. The standard InChI is InChI=1S/C20H16ClN7O3/c1-12(29)23-14-5-3-6-15(9-14)24-17(30)10-27-11-22-19-18(20(27)31)25-26-28(19)16-7-2-4-13(21)8-16/h2-9,11H,10H2,1H3,(H,23,29)(H,24,30). The van der Waals surface area contributed by atoms with Crippen LogP contribution in [0.3, 0.4) is 0 Å². The first-order chi connectivity index (χ1) is 14.9. The maximum absolute atomic E-state index is 12.8. The van der Waals surface area contributed by atoms with E-state index >= 15 is 0 Å². The summed E-state index contributed by atoms with van der Waals surface area (Å²) in [6, 6.07) is 13.6. The zero-order valence-corrected chi connectivity index (χ0v) is 17.0. The molecule has 4 rings (SSSR count). The SMILES string of the molecule is CC(=O)Nc1cccc(NC(=O)Cn2cnc3c(nnn3-c3cccc(Cl)c3)c2=O)c1. The summed E-state index contributed by atoms with van der Waals surface area (Å²) in [6.07, 6.45) is 1.27. The van der Waals surface area contributed by atoms with Crippen LogP contribution >= 0.6 is 11.6 Å². The normalized spacial score (nSPS) is 10.8. The van der Waals surface area contributed by atoms with Crippen LogP contribution in [0, 0.1) is 0 Å². The van der Waals surface area contributed by atoms with Crippen LogP contribution in [0.2, 0.25) is 5.02 Å². The molecule has 31 heavy (non-hydrogen) atoms. The van der Waals surface area contributed by atoms with Crippen molar-refractivity contribution in [2.45, 2.75) is 13.5 Å². The van der Waals surface area contributed by atoms with Crippen LogP contribution in [0.25, 0.3) is 16.9 Å². The molecule has 2 aromatic carbocycles. The lowest BCUT2D eigenvalue weighted by Crippen LogP contribution is -2.28. The highest BCUT2D eigenvalue weighted by Crippen LogP contribution is 2.17. The number of hydrogen-bond acceptors (Lipinski definition) is 6. The molecule has 0 bridgehead atoms. The van der Waals surface area contributed by atoms with Gasteiger partial charge in [0.15, 0.2) is 11.2 Å². The van der Waals surface area contributed by atoms with E-state index in [0.717, 1.165) is 4.57 Å². The zero-order valence-electron chi connectivity index (χ0n) is 16.2. The number of anilines is 2. The number of nitrogens with zero attached hydrogens (tertiary/aromatic N) is 5. The first-order valence-corrected chi connectivity index (χ1v) is 9.53. The van der Waals surface area contributed by atoms with Crippen molar-refractivity contribution in [2.75, 3.05) is 10.6 Å². The first kappa shape index (κ1) is 20.2. The van der Waals surface area contributed by atoms with Crippen LogP contribution in [-0.4, -0.2) is 36.4 Å². The fourth-order valence-electron chi connectivity index (χ4n) is 2.97. The van der Waals surface area contributed by atoms with E-state index in [1.165, 1.54) is 17.9 Å². The summed E-state index contributed by atoms with van der Waals surface area (Å²) in [6.45, 7) is 1.12. The van der Waals surface area contributed by atoms with E-state index in [9.17, 15) is 14.4 Å². The van der Waals surface area contributed by atoms with E-state index < -0.39 is 11.5 Å². The number of aromatic nitrogens is 5. The maximum Gasteiger partial charge on any atom is 0.284 e. The Labute approximate surface area is 180 Å². The van der Waals surface area contributed by atoms with Gasteiger partial charge in [-0.15, -0.1) is 5.10 Å². The van der Waals surface area contributed by atoms with Gasteiger partial charge in [-0.1, -0.05) is 28.9 Å². The number of hydrogen-bond donors (Lipinski definition) is 2. The highest BCUT2D eigenvalue weighted by atomic mass is 35.5. The van der Waals surface area contributed by atoms with E-state index in [-0.39, 0.29) is 23.6 Å². The third kappa shape index (κ3) is 4.43. The van der Waals surface area contributed by atoms with E-state index in [4.69, 9.17) is 11.6 Å². The summed E-state index contributed by atoms with van der Waals surface area (Å²) in [5, 5.41) is 13.7. The van der Waals surface area contributed by atoms with Crippen molar-refractivity contribution in [2.24, 2.45) is 0 Å². The lowest BCUT2D eigenvalue weighted by molar-refractivity contribution is -0.117. The Balaban J connectivity index is 1.55. The van der Waals surface area contributed by atoms with Crippen molar-refractivity contribution in [3.63, 3.8) is 0 Å². The third-order valence-corrected chi connectivity index (χ3v) is 4.50. The number of amides is 2. The number of benzene rings is 2. The molecule has 2 amide bonds. The Hall–Kier alpha value is -4.05. The summed E-state index contributed by atoms with van der Waals surface area (Å²) >= 11 is 6.01. The Morgan fingerprint density at radius 3 is 2.55 bits per heavy atom. The van der Waals surface area contributed by atoms with Gasteiger partial charge in [0.25, 0.3) is 5.56 Å². The van der Waals surface area contributed by atoms with Crippen molar-refractivity contribution >= 4 is 46.0 Å². The molecule has 10 nitrogen and oxygen atoms in total. The molecular formula is C20H16ClN7O3. The fraction of sp³-hybridized carbons (Fsp3) is 0.100. The molecule has 4 aromatic rings. The van der Waals surface area contributed by atoms with Crippen molar-refractivity contribution in [3.8, 4) is 5.69 Å². The Morgan fingerprint density at radius 2 is 1.81 bits per heavy atom. The molecule has 0 aliphatic carbocycles. The van der Waals surface area contributed by atoms with E-state index in [0.29, 0.717) is 22.1 Å². The molecule has 2 heterocycles. The van der Waals surface area contributed by atoms with Crippen LogP contribution in [0.1, 0.15) is 6.92 Å². The number of carbonyl (C=O) groups excluding carboxylic acids is 2. The van der Waals surface area contributed by atoms with Gasteiger partial charge < -0.3 is 10.6 Å². The Kier molecular flexibility index (Phi) is 5.46. The Morgan fingerprint density at radius 1 is 1.06 bits per heavy atom. The predicted octanol–water partition coefficient (Wildman–Crippen LogP) is 2.23. The average molecular weight is 438 g/mol. The van der Waals surface area contributed by atoms with Gasteiger partial charge in [-0.2, -0.15) is 4.68 Å². The quantitative estimate of drug-likeness (QED) is 0.493. The Bertz CT molecular complexity index is 1360. The molecule has 0 atom stereocenters. The van der Waals surface area contributed by atoms with Crippen molar-refractivity contribution < 1.29 is 9.59 Å². The minimum absolute atomic E-state index is 0.0305. The number of nitrogens with one attached hydrogen (secondary N) is 2.